The standard InChI is InChI=1S/C15H12F2N2S/c1-9-3-2-4-13-14(9)19(15(20)18-13)8-10-7-11(16)5-6-12(10)17/h2-7H,8H2,1H3,(H,18,20). The molecule has 5 heteroatoms. The molecule has 0 atom stereocenters. The van der Waals surface area contributed by atoms with Crippen molar-refractivity contribution in [2.24, 2.45) is 0 Å². The number of benzene rings is 2. The van der Waals surface area contributed by atoms with Crippen LogP contribution in [0.25, 0.3) is 11.0 Å². The van der Waals surface area contributed by atoms with E-state index in [4.69, 9.17) is 12.2 Å². The number of halogens is 2. The van der Waals surface area contributed by atoms with Gasteiger partial charge in [0, 0.05) is 5.56 Å². The summed E-state index contributed by atoms with van der Waals surface area (Å²) in [4.78, 5) is 3.08. The lowest BCUT2D eigenvalue weighted by Crippen LogP contribution is -2.03. The fourth-order valence-electron chi connectivity index (χ4n) is 2.39. The zero-order chi connectivity index (χ0) is 14.3. The van der Waals surface area contributed by atoms with Gasteiger partial charge in [0.05, 0.1) is 17.6 Å². The maximum Gasteiger partial charge on any atom is 0.178 e. The van der Waals surface area contributed by atoms with E-state index < -0.39 is 11.6 Å². The summed E-state index contributed by atoms with van der Waals surface area (Å²) in [7, 11) is 0. The molecule has 1 heterocycles. The normalized spacial score (nSPS) is 11.2. The van der Waals surface area contributed by atoms with E-state index in [1.165, 1.54) is 6.07 Å². The van der Waals surface area contributed by atoms with E-state index in [0.29, 0.717) is 4.77 Å². The molecule has 20 heavy (non-hydrogen) atoms. The first-order valence-electron chi connectivity index (χ1n) is 6.18. The lowest BCUT2D eigenvalue weighted by molar-refractivity contribution is 0.578. The third-order valence-corrected chi connectivity index (χ3v) is 3.65. The lowest BCUT2D eigenvalue weighted by atomic mass is 10.1. The van der Waals surface area contributed by atoms with Crippen LogP contribution in [0.3, 0.4) is 0 Å². The zero-order valence-corrected chi connectivity index (χ0v) is 11.6. The van der Waals surface area contributed by atoms with Crippen LogP contribution >= 0.6 is 12.2 Å². The van der Waals surface area contributed by atoms with Gasteiger partial charge in [0.15, 0.2) is 4.77 Å². The van der Waals surface area contributed by atoms with E-state index >= 15 is 0 Å². The summed E-state index contributed by atoms with van der Waals surface area (Å²) >= 11 is 5.28. The molecular weight excluding hydrogens is 278 g/mol. The van der Waals surface area contributed by atoms with Crippen molar-refractivity contribution >= 4 is 23.3 Å². The molecule has 1 N–H and O–H groups in total. The van der Waals surface area contributed by atoms with Crippen molar-refractivity contribution in [1.29, 1.82) is 0 Å². The molecule has 3 aromatic rings. The van der Waals surface area contributed by atoms with Crippen molar-refractivity contribution in [3.63, 3.8) is 0 Å². The van der Waals surface area contributed by atoms with Crippen LogP contribution in [0.2, 0.25) is 0 Å². The Morgan fingerprint density at radius 2 is 2.00 bits per heavy atom. The number of fused-ring (bicyclic) bond motifs is 1. The molecule has 0 unspecified atom stereocenters. The predicted octanol–water partition coefficient (Wildman–Crippen LogP) is 4.33. The maximum absolute atomic E-state index is 13.8. The first-order valence-corrected chi connectivity index (χ1v) is 6.59. The van der Waals surface area contributed by atoms with E-state index in [0.717, 1.165) is 28.7 Å². The molecule has 2 aromatic carbocycles. The van der Waals surface area contributed by atoms with Crippen molar-refractivity contribution in [2.45, 2.75) is 13.5 Å². The molecule has 0 spiro atoms. The molecule has 0 saturated carbocycles. The second-order valence-corrected chi connectivity index (χ2v) is 5.11. The molecular formula is C15H12F2N2S. The largest absolute Gasteiger partial charge is 0.331 e. The number of aryl methyl sites for hydroxylation is 1. The average molecular weight is 290 g/mol. The van der Waals surface area contributed by atoms with Crippen LogP contribution in [-0.4, -0.2) is 9.55 Å². The number of nitrogens with zero attached hydrogens (tertiary/aromatic N) is 1. The second-order valence-electron chi connectivity index (χ2n) is 4.72. The lowest BCUT2D eigenvalue weighted by Gasteiger charge is -2.08. The van der Waals surface area contributed by atoms with Gasteiger partial charge in [-0.3, -0.25) is 0 Å². The van der Waals surface area contributed by atoms with Crippen molar-refractivity contribution in [1.82, 2.24) is 9.55 Å². The average Bonchev–Trinajstić information content (AvgIpc) is 2.72. The molecule has 0 saturated heterocycles. The van der Waals surface area contributed by atoms with E-state index in [9.17, 15) is 8.78 Å². The van der Waals surface area contributed by atoms with Crippen LogP contribution in [0.1, 0.15) is 11.1 Å². The Kier molecular flexibility index (Phi) is 3.14. The molecule has 0 aliphatic rings. The van der Waals surface area contributed by atoms with Gasteiger partial charge in [0.1, 0.15) is 11.6 Å². The number of hydrogen-bond donors (Lipinski definition) is 1. The highest BCUT2D eigenvalue weighted by molar-refractivity contribution is 7.71. The first-order chi connectivity index (χ1) is 9.56. The number of hydrogen-bond acceptors (Lipinski definition) is 1. The predicted molar refractivity (Wildman–Crippen MR) is 77.3 cm³/mol. The summed E-state index contributed by atoms with van der Waals surface area (Å²) in [6.45, 7) is 2.16. The molecule has 2 nitrogen and oxygen atoms in total. The summed E-state index contributed by atoms with van der Waals surface area (Å²) in [5.74, 6) is -0.888. The number of para-hydroxylation sites is 1. The minimum Gasteiger partial charge on any atom is -0.331 e. The van der Waals surface area contributed by atoms with Crippen molar-refractivity contribution in [3.8, 4) is 0 Å². The minimum atomic E-state index is -0.454. The van der Waals surface area contributed by atoms with Gasteiger partial charge in [-0.15, -0.1) is 0 Å². The van der Waals surface area contributed by atoms with Crippen LogP contribution in [0.15, 0.2) is 36.4 Å². The Morgan fingerprint density at radius 3 is 2.80 bits per heavy atom. The topological polar surface area (TPSA) is 20.7 Å². The summed E-state index contributed by atoms with van der Waals surface area (Å²) < 4.78 is 29.3. The van der Waals surface area contributed by atoms with Gasteiger partial charge in [-0.05, 0) is 49.0 Å². The zero-order valence-electron chi connectivity index (χ0n) is 10.8. The molecule has 0 amide bonds. The van der Waals surface area contributed by atoms with Crippen molar-refractivity contribution in [2.75, 3.05) is 0 Å². The molecule has 1 aromatic heterocycles. The SMILES string of the molecule is Cc1cccc2[nH]c(=S)n(Cc3cc(F)ccc3F)c12. The van der Waals surface area contributed by atoms with Crippen LogP contribution in [0.5, 0.6) is 0 Å². The Labute approximate surface area is 119 Å². The Balaban J connectivity index is 2.18. The molecule has 0 bridgehead atoms. The number of imidazole rings is 1. The highest BCUT2D eigenvalue weighted by Gasteiger charge is 2.10. The minimum absolute atomic E-state index is 0.202. The number of H-pyrrole nitrogens is 1. The van der Waals surface area contributed by atoms with Crippen LogP contribution in [0, 0.1) is 23.3 Å². The second kappa shape index (κ2) is 4.83. The summed E-state index contributed by atoms with van der Waals surface area (Å²) in [6.07, 6.45) is 0. The first kappa shape index (κ1) is 13.0. The number of rotatable bonds is 2. The monoisotopic (exact) mass is 290 g/mol. The summed E-state index contributed by atoms with van der Waals surface area (Å²) in [6, 6.07) is 9.25. The quantitative estimate of drug-likeness (QED) is 0.697. The van der Waals surface area contributed by atoms with E-state index in [2.05, 4.69) is 4.98 Å². The maximum atomic E-state index is 13.8. The summed E-state index contributed by atoms with van der Waals surface area (Å²) in [5, 5.41) is 0. The van der Waals surface area contributed by atoms with E-state index in [1.807, 2.05) is 25.1 Å². The van der Waals surface area contributed by atoms with Crippen LogP contribution < -0.4 is 0 Å². The van der Waals surface area contributed by atoms with E-state index in [-0.39, 0.29) is 12.1 Å². The Morgan fingerprint density at radius 1 is 1.20 bits per heavy atom. The fourth-order valence-corrected chi connectivity index (χ4v) is 2.65. The van der Waals surface area contributed by atoms with Gasteiger partial charge in [0.25, 0.3) is 0 Å². The number of nitrogens with one attached hydrogen (secondary N) is 1. The van der Waals surface area contributed by atoms with Gasteiger partial charge in [-0.2, -0.15) is 0 Å². The third kappa shape index (κ3) is 2.14. The highest BCUT2D eigenvalue weighted by Crippen LogP contribution is 2.21. The molecule has 0 aliphatic carbocycles. The van der Waals surface area contributed by atoms with Crippen LogP contribution in [0.4, 0.5) is 8.78 Å². The van der Waals surface area contributed by atoms with Crippen molar-refractivity contribution < 1.29 is 8.78 Å². The third-order valence-electron chi connectivity index (χ3n) is 3.33. The van der Waals surface area contributed by atoms with Gasteiger partial charge in [-0.25, -0.2) is 8.78 Å². The molecule has 3 rings (SSSR count). The molecule has 102 valence electrons. The number of aromatic nitrogens is 2. The van der Waals surface area contributed by atoms with E-state index in [1.54, 1.807) is 4.57 Å². The molecule has 0 aliphatic heterocycles. The highest BCUT2D eigenvalue weighted by atomic mass is 32.1. The smallest absolute Gasteiger partial charge is 0.178 e. The van der Waals surface area contributed by atoms with Gasteiger partial charge >= 0.3 is 0 Å². The Bertz CT molecular complexity index is 849. The van der Waals surface area contributed by atoms with Gasteiger partial charge in [-0.1, -0.05) is 12.1 Å². The van der Waals surface area contributed by atoms with Gasteiger partial charge < -0.3 is 9.55 Å². The van der Waals surface area contributed by atoms with Gasteiger partial charge in [0.2, 0.25) is 0 Å². The number of aromatic amines is 1. The summed E-state index contributed by atoms with van der Waals surface area (Å²) in [5.41, 5.74) is 3.13. The molecule has 0 fully saturated rings. The Hall–Kier alpha value is -2.01. The van der Waals surface area contributed by atoms with Crippen LogP contribution in [-0.2, 0) is 6.54 Å². The fraction of sp³-hybridized carbons (Fsp3) is 0.133. The van der Waals surface area contributed by atoms with Crippen molar-refractivity contribution in [3.05, 3.63) is 63.9 Å². The molecule has 0 radical (unpaired) electrons.